The fourth-order valence-electron chi connectivity index (χ4n) is 1.02. The summed E-state index contributed by atoms with van der Waals surface area (Å²) in [6, 6.07) is 2.59. The normalized spacial score (nSPS) is 13.7. The van der Waals surface area contributed by atoms with Gasteiger partial charge in [-0.2, -0.15) is 0 Å². The van der Waals surface area contributed by atoms with Crippen molar-refractivity contribution in [1.29, 1.82) is 0 Å². The van der Waals surface area contributed by atoms with Crippen LogP contribution >= 0.6 is 34.8 Å². The first-order chi connectivity index (χ1) is 7.75. The Bertz CT molecular complexity index is 516. The Kier molecular flexibility index (Phi) is 5.07. The third kappa shape index (κ3) is 3.71. The van der Waals surface area contributed by atoms with Crippen LogP contribution in [0.15, 0.2) is 17.0 Å². The number of aliphatic hydroxyl groups excluding tert-OH is 1. The first-order valence-corrected chi connectivity index (χ1v) is 7.18. The van der Waals surface area contributed by atoms with Gasteiger partial charge in [0.15, 0.2) is 0 Å². The summed E-state index contributed by atoms with van der Waals surface area (Å²) < 4.78 is 25.8. The van der Waals surface area contributed by atoms with Crippen LogP contribution in [0.4, 0.5) is 0 Å². The zero-order valence-electron chi connectivity index (χ0n) is 8.75. The highest BCUT2D eigenvalue weighted by Gasteiger charge is 2.21. The van der Waals surface area contributed by atoms with Crippen molar-refractivity contribution >= 4 is 44.8 Å². The molecule has 1 aromatic rings. The first kappa shape index (κ1) is 15.0. The minimum Gasteiger partial charge on any atom is -0.392 e. The predicted octanol–water partition coefficient (Wildman–Crippen LogP) is 2.31. The second-order valence-electron chi connectivity index (χ2n) is 3.37. The van der Waals surface area contributed by atoms with Crippen molar-refractivity contribution in [3.05, 3.63) is 27.2 Å². The van der Waals surface area contributed by atoms with E-state index in [1.54, 1.807) is 0 Å². The van der Waals surface area contributed by atoms with Gasteiger partial charge in [-0.25, -0.2) is 13.1 Å². The smallest absolute Gasteiger partial charge is 0.242 e. The quantitative estimate of drug-likeness (QED) is 0.837. The van der Waals surface area contributed by atoms with Gasteiger partial charge in [0.05, 0.1) is 21.2 Å². The van der Waals surface area contributed by atoms with E-state index in [9.17, 15) is 8.42 Å². The van der Waals surface area contributed by atoms with Crippen LogP contribution in [0, 0.1) is 0 Å². The SMILES string of the molecule is CC(O)CNS(=O)(=O)c1ccc(Cl)c(Cl)c1Cl. The summed E-state index contributed by atoms with van der Waals surface area (Å²) in [6.07, 6.45) is -0.800. The molecule has 96 valence electrons. The summed E-state index contributed by atoms with van der Waals surface area (Å²) in [5, 5.41) is 9.03. The summed E-state index contributed by atoms with van der Waals surface area (Å²) in [4.78, 5) is -0.172. The van der Waals surface area contributed by atoms with E-state index >= 15 is 0 Å². The Morgan fingerprint density at radius 3 is 2.41 bits per heavy atom. The second-order valence-corrected chi connectivity index (χ2v) is 6.27. The molecule has 0 spiro atoms. The van der Waals surface area contributed by atoms with Gasteiger partial charge in [-0.3, -0.25) is 0 Å². The predicted molar refractivity (Wildman–Crippen MR) is 68.3 cm³/mol. The molecule has 0 saturated carbocycles. The third-order valence-corrected chi connectivity index (χ3v) is 4.73. The molecule has 0 heterocycles. The molecule has 1 unspecified atom stereocenters. The number of aliphatic hydroxyl groups is 1. The van der Waals surface area contributed by atoms with Crippen LogP contribution < -0.4 is 4.72 Å². The van der Waals surface area contributed by atoms with Crippen molar-refractivity contribution in [1.82, 2.24) is 4.72 Å². The average Bonchev–Trinajstić information content (AvgIpc) is 2.23. The molecule has 4 nitrogen and oxygen atoms in total. The van der Waals surface area contributed by atoms with E-state index in [-0.39, 0.29) is 26.5 Å². The van der Waals surface area contributed by atoms with Gasteiger partial charge in [0, 0.05) is 6.54 Å². The van der Waals surface area contributed by atoms with E-state index < -0.39 is 16.1 Å². The van der Waals surface area contributed by atoms with E-state index in [0.29, 0.717) is 0 Å². The molecule has 0 radical (unpaired) electrons. The van der Waals surface area contributed by atoms with Crippen molar-refractivity contribution in [2.45, 2.75) is 17.9 Å². The van der Waals surface area contributed by atoms with Crippen LogP contribution in [-0.4, -0.2) is 26.2 Å². The Labute approximate surface area is 115 Å². The lowest BCUT2D eigenvalue weighted by Crippen LogP contribution is -2.30. The maximum absolute atomic E-state index is 11.8. The summed E-state index contributed by atoms with van der Waals surface area (Å²) in [6.45, 7) is 1.35. The minimum atomic E-state index is -3.81. The summed E-state index contributed by atoms with van der Waals surface area (Å²) in [5.74, 6) is 0. The Balaban J connectivity index is 3.12. The molecule has 0 aliphatic heterocycles. The molecule has 0 amide bonds. The summed E-state index contributed by atoms with van der Waals surface area (Å²) >= 11 is 17.2. The average molecular weight is 319 g/mol. The summed E-state index contributed by atoms with van der Waals surface area (Å²) in [7, 11) is -3.81. The number of sulfonamides is 1. The van der Waals surface area contributed by atoms with Gasteiger partial charge in [0.1, 0.15) is 4.90 Å². The number of nitrogens with one attached hydrogen (secondary N) is 1. The van der Waals surface area contributed by atoms with Crippen molar-refractivity contribution < 1.29 is 13.5 Å². The Morgan fingerprint density at radius 2 is 1.88 bits per heavy atom. The topological polar surface area (TPSA) is 66.4 Å². The van der Waals surface area contributed by atoms with Crippen LogP contribution in [0.25, 0.3) is 0 Å². The first-order valence-electron chi connectivity index (χ1n) is 4.57. The van der Waals surface area contributed by atoms with Gasteiger partial charge in [-0.05, 0) is 19.1 Å². The van der Waals surface area contributed by atoms with E-state index in [1.165, 1.54) is 19.1 Å². The zero-order chi connectivity index (χ0) is 13.2. The fourth-order valence-corrected chi connectivity index (χ4v) is 3.12. The van der Waals surface area contributed by atoms with Crippen LogP contribution in [0.1, 0.15) is 6.92 Å². The molecule has 0 saturated heterocycles. The highest BCUT2D eigenvalue weighted by Crippen LogP contribution is 2.34. The number of hydrogen-bond donors (Lipinski definition) is 2. The van der Waals surface area contributed by atoms with Crippen molar-refractivity contribution in [3.63, 3.8) is 0 Å². The van der Waals surface area contributed by atoms with Crippen molar-refractivity contribution in [3.8, 4) is 0 Å². The van der Waals surface area contributed by atoms with Crippen molar-refractivity contribution in [2.75, 3.05) is 6.54 Å². The molecule has 1 aromatic carbocycles. The van der Waals surface area contributed by atoms with Gasteiger partial charge < -0.3 is 5.11 Å². The van der Waals surface area contributed by atoms with E-state index in [4.69, 9.17) is 39.9 Å². The minimum absolute atomic E-state index is 0.0201. The lowest BCUT2D eigenvalue weighted by molar-refractivity contribution is 0.198. The molecule has 1 rings (SSSR count). The maximum atomic E-state index is 11.8. The highest BCUT2D eigenvalue weighted by molar-refractivity contribution is 7.89. The van der Waals surface area contributed by atoms with Gasteiger partial charge in [0.25, 0.3) is 0 Å². The molecule has 0 aliphatic carbocycles. The fraction of sp³-hybridized carbons (Fsp3) is 0.333. The molecule has 0 aromatic heterocycles. The van der Waals surface area contributed by atoms with E-state index in [1.807, 2.05) is 0 Å². The molecule has 1 atom stereocenters. The molecule has 2 N–H and O–H groups in total. The van der Waals surface area contributed by atoms with Crippen molar-refractivity contribution in [2.24, 2.45) is 0 Å². The van der Waals surface area contributed by atoms with E-state index in [2.05, 4.69) is 4.72 Å². The largest absolute Gasteiger partial charge is 0.392 e. The van der Waals surface area contributed by atoms with Crippen LogP contribution in [-0.2, 0) is 10.0 Å². The lowest BCUT2D eigenvalue weighted by Gasteiger charge is -2.10. The maximum Gasteiger partial charge on any atom is 0.242 e. The second kappa shape index (κ2) is 5.73. The monoisotopic (exact) mass is 317 g/mol. The van der Waals surface area contributed by atoms with Crippen LogP contribution in [0.5, 0.6) is 0 Å². The lowest BCUT2D eigenvalue weighted by atomic mass is 10.4. The highest BCUT2D eigenvalue weighted by atomic mass is 35.5. The van der Waals surface area contributed by atoms with Crippen LogP contribution in [0.2, 0.25) is 15.1 Å². The molecule has 8 heteroatoms. The van der Waals surface area contributed by atoms with Gasteiger partial charge in [-0.15, -0.1) is 0 Å². The van der Waals surface area contributed by atoms with Gasteiger partial charge >= 0.3 is 0 Å². The van der Waals surface area contributed by atoms with E-state index in [0.717, 1.165) is 0 Å². The summed E-state index contributed by atoms with van der Waals surface area (Å²) in [5.41, 5.74) is 0. The van der Waals surface area contributed by atoms with Crippen LogP contribution in [0.3, 0.4) is 0 Å². The Hall–Kier alpha value is -0.0400. The van der Waals surface area contributed by atoms with Gasteiger partial charge in [-0.1, -0.05) is 34.8 Å². The third-order valence-electron chi connectivity index (χ3n) is 1.86. The number of benzene rings is 1. The molecule has 0 fully saturated rings. The standard InChI is InChI=1S/C9H10Cl3NO3S/c1-5(14)4-13-17(15,16)7-3-2-6(10)8(11)9(7)12/h2-3,5,13-14H,4H2,1H3. The molecule has 0 aliphatic rings. The number of halogens is 3. The zero-order valence-corrected chi connectivity index (χ0v) is 11.8. The van der Waals surface area contributed by atoms with Gasteiger partial charge in [0.2, 0.25) is 10.0 Å². The molecular formula is C9H10Cl3NO3S. The number of hydrogen-bond acceptors (Lipinski definition) is 3. The molecule has 0 bridgehead atoms. The number of rotatable bonds is 4. The Morgan fingerprint density at radius 1 is 1.29 bits per heavy atom. The molecule has 17 heavy (non-hydrogen) atoms. The molecular weight excluding hydrogens is 309 g/mol.